The van der Waals surface area contributed by atoms with Crippen molar-refractivity contribution < 1.29 is 4.79 Å². The maximum Gasteiger partial charge on any atom is 0.229 e. The summed E-state index contributed by atoms with van der Waals surface area (Å²) < 4.78 is 0. The number of benzene rings is 1. The predicted octanol–water partition coefficient (Wildman–Crippen LogP) is 1.88. The molecule has 0 aliphatic heterocycles. The summed E-state index contributed by atoms with van der Waals surface area (Å²) in [4.78, 5) is 10.4. The number of halogens is 1. The predicted molar refractivity (Wildman–Crippen MR) is 56.9 cm³/mol. The minimum atomic E-state index is -0.419. The highest BCUT2D eigenvalue weighted by Crippen LogP contribution is 2.17. The average Bonchev–Trinajstić information content (AvgIpc) is 2.12. The van der Waals surface area contributed by atoms with E-state index < -0.39 is 5.91 Å². The molecule has 0 aliphatic rings. The van der Waals surface area contributed by atoms with E-state index >= 15 is 0 Å². The van der Waals surface area contributed by atoms with E-state index in [1.54, 1.807) is 6.07 Å². The van der Waals surface area contributed by atoms with Crippen molar-refractivity contribution in [3.05, 3.63) is 34.3 Å². The summed E-state index contributed by atoms with van der Waals surface area (Å²) in [6, 6.07) is 5.48. The van der Waals surface area contributed by atoms with Crippen LogP contribution in [0.3, 0.4) is 0 Å². The molecule has 0 fully saturated rings. The molecule has 0 spiro atoms. The van der Waals surface area contributed by atoms with Crippen LogP contribution in [0.5, 0.6) is 0 Å². The van der Waals surface area contributed by atoms with Crippen LogP contribution in [0.2, 0.25) is 5.02 Å². The highest BCUT2D eigenvalue weighted by Gasteiger charge is 1.97. The summed E-state index contributed by atoms with van der Waals surface area (Å²) in [5.41, 5.74) is 6.71. The zero-order valence-corrected chi connectivity index (χ0v) is 8.56. The Hall–Kier alpha value is -1.46. The summed E-state index contributed by atoms with van der Waals surface area (Å²) in [5.74, 6) is 5.12. The first-order valence-corrected chi connectivity index (χ1v) is 4.51. The summed E-state index contributed by atoms with van der Waals surface area (Å²) >= 11 is 5.90. The molecule has 0 heterocycles. The minimum Gasteiger partial charge on any atom is -0.369 e. The van der Waals surface area contributed by atoms with E-state index in [1.807, 2.05) is 19.1 Å². The number of hydrogen-bond donors (Lipinski definition) is 1. The molecule has 2 N–H and O–H groups in total. The summed E-state index contributed by atoms with van der Waals surface area (Å²) in [6.45, 7) is 1.89. The van der Waals surface area contributed by atoms with Crippen molar-refractivity contribution in [2.45, 2.75) is 13.3 Å². The second-order valence-electron chi connectivity index (χ2n) is 2.86. The second kappa shape index (κ2) is 4.69. The lowest BCUT2D eigenvalue weighted by Crippen LogP contribution is -2.08. The van der Waals surface area contributed by atoms with Gasteiger partial charge in [-0.1, -0.05) is 29.5 Å². The van der Waals surface area contributed by atoms with E-state index in [2.05, 4.69) is 11.8 Å². The third kappa shape index (κ3) is 2.79. The summed E-state index contributed by atoms with van der Waals surface area (Å²) in [6.07, 6.45) is 0.0754. The van der Waals surface area contributed by atoms with Crippen molar-refractivity contribution >= 4 is 17.5 Å². The Morgan fingerprint density at radius 3 is 2.93 bits per heavy atom. The Kier molecular flexibility index (Phi) is 3.55. The Bertz CT molecular complexity index is 415. The first-order valence-electron chi connectivity index (χ1n) is 4.13. The van der Waals surface area contributed by atoms with Crippen molar-refractivity contribution in [1.82, 2.24) is 0 Å². The zero-order chi connectivity index (χ0) is 10.6. The number of primary amides is 1. The number of carbonyl (C=O) groups is 1. The Morgan fingerprint density at radius 2 is 2.29 bits per heavy atom. The third-order valence-corrected chi connectivity index (χ3v) is 2.16. The molecule has 3 heteroatoms. The van der Waals surface area contributed by atoms with Crippen LogP contribution in [0.4, 0.5) is 0 Å². The van der Waals surface area contributed by atoms with Gasteiger partial charge in [0, 0.05) is 10.6 Å². The van der Waals surface area contributed by atoms with Gasteiger partial charge >= 0.3 is 0 Å². The fraction of sp³-hybridized carbons (Fsp3) is 0.182. The van der Waals surface area contributed by atoms with Gasteiger partial charge in [0.15, 0.2) is 0 Å². The van der Waals surface area contributed by atoms with E-state index in [4.69, 9.17) is 17.3 Å². The smallest absolute Gasteiger partial charge is 0.229 e. The van der Waals surface area contributed by atoms with Crippen LogP contribution in [0.1, 0.15) is 17.5 Å². The highest BCUT2D eigenvalue weighted by atomic mass is 35.5. The highest BCUT2D eigenvalue weighted by molar-refractivity contribution is 6.31. The fourth-order valence-electron chi connectivity index (χ4n) is 0.969. The Morgan fingerprint density at radius 1 is 1.57 bits per heavy atom. The lowest BCUT2D eigenvalue weighted by Gasteiger charge is -1.98. The van der Waals surface area contributed by atoms with Crippen LogP contribution in [0.15, 0.2) is 18.2 Å². The van der Waals surface area contributed by atoms with Gasteiger partial charge in [-0.05, 0) is 24.6 Å². The lowest BCUT2D eigenvalue weighted by atomic mass is 10.1. The van der Waals surface area contributed by atoms with E-state index in [1.165, 1.54) is 0 Å². The molecule has 2 nitrogen and oxygen atoms in total. The largest absolute Gasteiger partial charge is 0.369 e. The molecule has 14 heavy (non-hydrogen) atoms. The molecular formula is C11H10ClNO. The standard InChI is InChI=1S/C11H10ClNO/c1-8-9(4-2-6-10(8)12)5-3-7-11(13)14/h2,4,6H,7H2,1H3,(H2,13,14). The van der Waals surface area contributed by atoms with Crippen molar-refractivity contribution in [3.63, 3.8) is 0 Å². The summed E-state index contributed by atoms with van der Waals surface area (Å²) in [5, 5.41) is 0.677. The molecule has 1 rings (SSSR count). The van der Waals surface area contributed by atoms with Gasteiger partial charge in [0.05, 0.1) is 6.42 Å². The van der Waals surface area contributed by atoms with Crippen LogP contribution in [0.25, 0.3) is 0 Å². The molecule has 72 valence electrons. The first-order chi connectivity index (χ1) is 6.61. The van der Waals surface area contributed by atoms with Crippen molar-refractivity contribution in [2.24, 2.45) is 5.73 Å². The van der Waals surface area contributed by atoms with Crippen LogP contribution in [0, 0.1) is 18.8 Å². The topological polar surface area (TPSA) is 43.1 Å². The molecule has 0 saturated carbocycles. The molecule has 0 aliphatic carbocycles. The van der Waals surface area contributed by atoms with Gasteiger partial charge in [0.2, 0.25) is 5.91 Å². The molecule has 0 radical (unpaired) electrons. The Labute approximate surface area is 88.1 Å². The van der Waals surface area contributed by atoms with Gasteiger partial charge in [-0.2, -0.15) is 0 Å². The molecule has 1 aromatic carbocycles. The molecule has 0 unspecified atom stereocenters. The molecule has 1 aromatic rings. The SMILES string of the molecule is Cc1c(Cl)cccc1C#CCC(N)=O. The van der Waals surface area contributed by atoms with Crippen LogP contribution < -0.4 is 5.73 Å². The van der Waals surface area contributed by atoms with E-state index in [0.717, 1.165) is 11.1 Å². The quantitative estimate of drug-likeness (QED) is 0.702. The molecule has 0 atom stereocenters. The monoisotopic (exact) mass is 207 g/mol. The van der Waals surface area contributed by atoms with Crippen LogP contribution in [-0.2, 0) is 4.79 Å². The first kappa shape index (κ1) is 10.6. The minimum absolute atomic E-state index is 0.0754. The molecule has 0 saturated heterocycles. The van der Waals surface area contributed by atoms with Gasteiger partial charge in [-0.25, -0.2) is 0 Å². The van der Waals surface area contributed by atoms with E-state index in [-0.39, 0.29) is 6.42 Å². The normalized spacial score (nSPS) is 9.00. The average molecular weight is 208 g/mol. The van der Waals surface area contributed by atoms with Gasteiger partial charge in [-0.3, -0.25) is 4.79 Å². The number of hydrogen-bond acceptors (Lipinski definition) is 1. The number of amides is 1. The van der Waals surface area contributed by atoms with Crippen molar-refractivity contribution in [1.29, 1.82) is 0 Å². The van der Waals surface area contributed by atoms with Crippen molar-refractivity contribution in [2.75, 3.05) is 0 Å². The third-order valence-electron chi connectivity index (χ3n) is 1.75. The lowest BCUT2D eigenvalue weighted by molar-refractivity contribution is -0.117. The van der Waals surface area contributed by atoms with Gasteiger partial charge < -0.3 is 5.73 Å². The van der Waals surface area contributed by atoms with Crippen LogP contribution >= 0.6 is 11.6 Å². The van der Waals surface area contributed by atoms with Gasteiger partial charge in [0.25, 0.3) is 0 Å². The van der Waals surface area contributed by atoms with Gasteiger partial charge in [-0.15, -0.1) is 0 Å². The van der Waals surface area contributed by atoms with Crippen molar-refractivity contribution in [3.8, 4) is 11.8 Å². The maximum absolute atomic E-state index is 10.4. The molecule has 0 bridgehead atoms. The van der Waals surface area contributed by atoms with Gasteiger partial charge in [0.1, 0.15) is 0 Å². The van der Waals surface area contributed by atoms with E-state index in [9.17, 15) is 4.79 Å². The van der Waals surface area contributed by atoms with Crippen LogP contribution in [-0.4, -0.2) is 5.91 Å². The summed E-state index contributed by atoms with van der Waals surface area (Å²) in [7, 11) is 0. The zero-order valence-electron chi connectivity index (χ0n) is 7.80. The number of nitrogens with two attached hydrogens (primary N) is 1. The van der Waals surface area contributed by atoms with E-state index in [0.29, 0.717) is 5.02 Å². The fourth-order valence-corrected chi connectivity index (χ4v) is 1.14. The second-order valence-corrected chi connectivity index (χ2v) is 3.26. The number of rotatable bonds is 1. The molecule has 1 amide bonds. The maximum atomic E-state index is 10.4. The molecular weight excluding hydrogens is 198 g/mol. The Balaban J connectivity index is 2.90. The number of carbonyl (C=O) groups excluding carboxylic acids is 1. The molecule has 0 aromatic heterocycles.